The van der Waals surface area contributed by atoms with E-state index < -0.39 is 0 Å². The Morgan fingerprint density at radius 3 is 1.64 bits per heavy atom. The Balaban J connectivity index is 2.94. The lowest BCUT2D eigenvalue weighted by Crippen LogP contribution is -2.08. The van der Waals surface area contributed by atoms with Gasteiger partial charge in [0.2, 0.25) is 0 Å². The summed E-state index contributed by atoms with van der Waals surface area (Å²) in [5, 5.41) is 0.187. The van der Waals surface area contributed by atoms with Crippen molar-refractivity contribution < 1.29 is 18.9 Å². The van der Waals surface area contributed by atoms with E-state index in [2.05, 4.69) is 15.9 Å². The van der Waals surface area contributed by atoms with Crippen LogP contribution in [0.1, 0.15) is 58.3 Å². The van der Waals surface area contributed by atoms with Crippen molar-refractivity contribution in [3.05, 3.63) is 0 Å². The topological polar surface area (TPSA) is 36.9 Å². The van der Waals surface area contributed by atoms with Gasteiger partial charge in [0.1, 0.15) is 5.01 Å². The summed E-state index contributed by atoms with van der Waals surface area (Å²) in [4.78, 5) is 0. The van der Waals surface area contributed by atoms with Crippen molar-refractivity contribution in [1.29, 1.82) is 0 Å². The van der Waals surface area contributed by atoms with E-state index >= 15 is 0 Å². The number of unbranched alkanes of at least 4 members (excludes halogenated alkanes) is 7. The molecule has 0 bridgehead atoms. The molecule has 0 aliphatic carbocycles. The van der Waals surface area contributed by atoms with Gasteiger partial charge in [0.05, 0.1) is 26.4 Å². The van der Waals surface area contributed by atoms with Gasteiger partial charge in [-0.3, -0.25) is 0 Å². The van der Waals surface area contributed by atoms with Crippen molar-refractivity contribution in [2.75, 3.05) is 46.8 Å². The molecule has 5 heteroatoms. The van der Waals surface area contributed by atoms with E-state index in [-0.39, 0.29) is 5.01 Å². The van der Waals surface area contributed by atoms with Gasteiger partial charge < -0.3 is 18.9 Å². The van der Waals surface area contributed by atoms with Crippen molar-refractivity contribution in [1.82, 2.24) is 0 Å². The molecule has 22 heavy (non-hydrogen) atoms. The molecule has 0 spiro atoms. The Hall–Kier alpha value is 0.320. The van der Waals surface area contributed by atoms with Crippen molar-refractivity contribution in [2.24, 2.45) is 0 Å². The molecule has 0 saturated carbocycles. The molecule has 0 aromatic rings. The summed E-state index contributed by atoms with van der Waals surface area (Å²) in [6, 6.07) is 0. The second-order valence-electron chi connectivity index (χ2n) is 5.46. The summed E-state index contributed by atoms with van der Waals surface area (Å²) in [7, 11) is 1.68. The summed E-state index contributed by atoms with van der Waals surface area (Å²) in [5.41, 5.74) is 0. The van der Waals surface area contributed by atoms with Gasteiger partial charge in [-0.25, -0.2) is 0 Å². The van der Waals surface area contributed by atoms with E-state index in [1.807, 2.05) is 6.92 Å². The van der Waals surface area contributed by atoms with Gasteiger partial charge in [-0.2, -0.15) is 0 Å². The zero-order chi connectivity index (χ0) is 16.3. The van der Waals surface area contributed by atoms with Crippen LogP contribution in [0.15, 0.2) is 0 Å². The second-order valence-corrected chi connectivity index (χ2v) is 6.75. The lowest BCUT2D eigenvalue weighted by molar-refractivity contribution is 0.0239. The van der Waals surface area contributed by atoms with Gasteiger partial charge in [0.15, 0.2) is 0 Å². The fourth-order valence-electron chi connectivity index (χ4n) is 2.08. The maximum absolute atomic E-state index is 5.52. The highest BCUT2D eigenvalue weighted by atomic mass is 79.9. The summed E-state index contributed by atoms with van der Waals surface area (Å²) in [6.07, 6.45) is 10.2. The average Bonchev–Trinajstić information content (AvgIpc) is 2.50. The molecule has 0 aromatic heterocycles. The fraction of sp³-hybridized carbons (Fsp3) is 1.00. The van der Waals surface area contributed by atoms with Crippen molar-refractivity contribution in [3.8, 4) is 0 Å². The van der Waals surface area contributed by atoms with Crippen molar-refractivity contribution >= 4 is 15.9 Å². The molecule has 0 N–H and O–H groups in total. The van der Waals surface area contributed by atoms with E-state index in [1.54, 1.807) is 7.11 Å². The molecule has 0 aromatic carbocycles. The molecule has 0 aliphatic rings. The summed E-state index contributed by atoms with van der Waals surface area (Å²) in [6.45, 7) is 6.41. The van der Waals surface area contributed by atoms with Crippen LogP contribution in [0.25, 0.3) is 0 Å². The largest absolute Gasteiger partial charge is 0.382 e. The van der Waals surface area contributed by atoms with Crippen LogP contribution in [0, 0.1) is 0 Å². The highest BCUT2D eigenvalue weighted by Gasteiger charge is 1.96. The molecule has 0 fully saturated rings. The van der Waals surface area contributed by atoms with Gasteiger partial charge >= 0.3 is 0 Å². The quantitative estimate of drug-likeness (QED) is 0.257. The van der Waals surface area contributed by atoms with Crippen molar-refractivity contribution in [2.45, 2.75) is 63.3 Å². The fourth-order valence-corrected chi connectivity index (χ4v) is 2.26. The highest BCUT2D eigenvalue weighted by Crippen LogP contribution is 2.09. The third-order valence-corrected chi connectivity index (χ3v) is 3.60. The predicted molar refractivity (Wildman–Crippen MR) is 94.8 cm³/mol. The first-order valence-corrected chi connectivity index (χ1v) is 9.59. The van der Waals surface area contributed by atoms with Crippen LogP contribution in [-0.2, 0) is 18.9 Å². The first kappa shape index (κ1) is 22.3. The van der Waals surface area contributed by atoms with Crippen molar-refractivity contribution in [3.63, 3.8) is 0 Å². The van der Waals surface area contributed by atoms with Crippen LogP contribution >= 0.6 is 15.9 Å². The van der Waals surface area contributed by atoms with Crippen LogP contribution in [-0.4, -0.2) is 51.8 Å². The van der Waals surface area contributed by atoms with Gasteiger partial charge in [0.25, 0.3) is 0 Å². The van der Waals surface area contributed by atoms with Gasteiger partial charge in [-0.1, -0.05) is 54.5 Å². The highest BCUT2D eigenvalue weighted by molar-refractivity contribution is 9.09. The molecule has 0 amide bonds. The molecule has 4 nitrogen and oxygen atoms in total. The molecular formula is C17H35BrO4. The van der Waals surface area contributed by atoms with Crippen LogP contribution in [0.2, 0.25) is 0 Å². The van der Waals surface area contributed by atoms with Crippen LogP contribution in [0.4, 0.5) is 0 Å². The third-order valence-electron chi connectivity index (χ3n) is 3.33. The molecule has 0 heterocycles. The van der Waals surface area contributed by atoms with E-state index in [9.17, 15) is 0 Å². The normalized spacial score (nSPS) is 12.7. The standard InChI is InChI=1S/C17H35BrO4/c1-17(18)22-12-10-8-6-4-3-5-7-9-11-20-15-16-21-14-13-19-2/h17H,3-16H2,1-2H3. The molecule has 0 radical (unpaired) electrons. The minimum Gasteiger partial charge on any atom is -0.382 e. The predicted octanol–water partition coefficient (Wildman–Crippen LogP) is 4.54. The number of halogens is 1. The lowest BCUT2D eigenvalue weighted by Gasteiger charge is -2.06. The van der Waals surface area contributed by atoms with Crippen LogP contribution < -0.4 is 0 Å². The molecule has 1 atom stereocenters. The van der Waals surface area contributed by atoms with E-state index in [0.717, 1.165) is 19.6 Å². The average molecular weight is 383 g/mol. The smallest absolute Gasteiger partial charge is 0.109 e. The minimum absolute atomic E-state index is 0.187. The van der Waals surface area contributed by atoms with Crippen LogP contribution in [0.3, 0.4) is 0 Å². The Labute approximate surface area is 145 Å². The maximum Gasteiger partial charge on any atom is 0.109 e. The van der Waals surface area contributed by atoms with E-state index in [1.165, 1.54) is 44.9 Å². The number of alkyl halides is 1. The Kier molecular flexibility index (Phi) is 19.6. The second kappa shape index (κ2) is 19.4. The number of ether oxygens (including phenoxy) is 4. The van der Waals surface area contributed by atoms with Crippen LogP contribution in [0.5, 0.6) is 0 Å². The van der Waals surface area contributed by atoms with Gasteiger partial charge in [-0.15, -0.1) is 0 Å². The molecule has 0 aliphatic heterocycles. The summed E-state index contributed by atoms with van der Waals surface area (Å²) >= 11 is 3.38. The molecule has 0 saturated heterocycles. The summed E-state index contributed by atoms with van der Waals surface area (Å²) < 4.78 is 21.2. The molecule has 1 unspecified atom stereocenters. The molecule has 0 rings (SSSR count). The minimum atomic E-state index is 0.187. The summed E-state index contributed by atoms with van der Waals surface area (Å²) in [5.74, 6) is 0. The number of hydrogen-bond acceptors (Lipinski definition) is 4. The Bertz CT molecular complexity index is 203. The number of methoxy groups -OCH3 is 1. The third kappa shape index (κ3) is 20.3. The first-order chi connectivity index (χ1) is 10.8. The lowest BCUT2D eigenvalue weighted by atomic mass is 10.1. The van der Waals surface area contributed by atoms with Gasteiger partial charge in [-0.05, 0) is 19.8 Å². The van der Waals surface area contributed by atoms with E-state index in [0.29, 0.717) is 26.4 Å². The maximum atomic E-state index is 5.52. The first-order valence-electron chi connectivity index (χ1n) is 8.67. The van der Waals surface area contributed by atoms with E-state index in [4.69, 9.17) is 18.9 Å². The SMILES string of the molecule is COCCOCCOCCCCCCCCCCOC(C)Br. The Morgan fingerprint density at radius 2 is 1.09 bits per heavy atom. The Morgan fingerprint density at radius 1 is 0.636 bits per heavy atom. The molecule has 134 valence electrons. The zero-order valence-corrected chi connectivity index (χ0v) is 16.1. The zero-order valence-electron chi connectivity index (χ0n) is 14.5. The molecular weight excluding hydrogens is 348 g/mol. The van der Waals surface area contributed by atoms with Gasteiger partial charge in [0, 0.05) is 20.3 Å². The number of hydrogen-bond donors (Lipinski definition) is 0. The monoisotopic (exact) mass is 382 g/mol. The number of rotatable bonds is 18.